The number of fused-ring (bicyclic) bond motifs is 3. The molecule has 6 heteroatoms. The van der Waals surface area contributed by atoms with Gasteiger partial charge in [-0.1, -0.05) is 30.3 Å². The topological polar surface area (TPSA) is 86.0 Å². The maximum absolute atomic E-state index is 12.1. The highest BCUT2D eigenvalue weighted by Gasteiger charge is 2.22. The van der Waals surface area contributed by atoms with E-state index < -0.39 is 5.97 Å². The predicted molar refractivity (Wildman–Crippen MR) is 123 cm³/mol. The van der Waals surface area contributed by atoms with E-state index in [1.54, 1.807) is 30.3 Å². The van der Waals surface area contributed by atoms with Crippen LogP contribution >= 0.6 is 0 Å². The Kier molecular flexibility index (Phi) is 4.20. The molecule has 2 heterocycles. The van der Waals surface area contributed by atoms with E-state index >= 15 is 0 Å². The fourth-order valence-electron chi connectivity index (χ4n) is 4.30. The second-order valence-corrected chi connectivity index (χ2v) is 7.76. The van der Waals surface area contributed by atoms with Gasteiger partial charge in [0.2, 0.25) is 6.79 Å². The van der Waals surface area contributed by atoms with E-state index in [0.717, 1.165) is 16.5 Å². The first kappa shape index (κ1) is 19.1. The summed E-state index contributed by atoms with van der Waals surface area (Å²) in [6.07, 6.45) is 0. The molecule has 0 saturated carbocycles. The second-order valence-electron chi connectivity index (χ2n) is 7.76. The van der Waals surface area contributed by atoms with Crippen LogP contribution in [0.3, 0.4) is 0 Å². The van der Waals surface area contributed by atoms with E-state index in [9.17, 15) is 14.7 Å². The van der Waals surface area contributed by atoms with Crippen LogP contribution in [0.15, 0.2) is 88.1 Å². The minimum Gasteiger partial charge on any atom is -0.478 e. The number of rotatable bonds is 3. The lowest BCUT2D eigenvalue weighted by Gasteiger charge is -2.17. The zero-order chi connectivity index (χ0) is 22.5. The van der Waals surface area contributed by atoms with Gasteiger partial charge >= 0.3 is 5.97 Å². The smallest absolute Gasteiger partial charge is 0.336 e. The molecule has 6 rings (SSSR count). The standard InChI is InChI=1S/C27H16O6/c28-17-7-9-21-24(13-17)33-23-11-15(16-6-10-22-25(12-16)32-14-31-22)5-8-20(23)26(21)18-3-1-2-4-19(18)27(29)30/h1-13H,14H2,(H,29,30). The third-order valence-electron chi connectivity index (χ3n) is 5.83. The van der Waals surface area contributed by atoms with E-state index in [0.29, 0.717) is 39.5 Å². The van der Waals surface area contributed by atoms with Crippen LogP contribution in [-0.2, 0) is 0 Å². The summed E-state index contributed by atoms with van der Waals surface area (Å²) in [5.41, 5.74) is 4.28. The highest BCUT2D eigenvalue weighted by Crippen LogP contribution is 2.43. The quantitative estimate of drug-likeness (QED) is 0.368. The summed E-state index contributed by atoms with van der Waals surface area (Å²) < 4.78 is 17.0. The van der Waals surface area contributed by atoms with Crippen LogP contribution in [0.25, 0.3) is 44.5 Å². The normalized spacial score (nSPS) is 12.4. The minimum atomic E-state index is -1.02. The maximum Gasteiger partial charge on any atom is 0.336 e. The number of ether oxygens (including phenoxy) is 2. The first-order valence-corrected chi connectivity index (χ1v) is 10.3. The van der Waals surface area contributed by atoms with Gasteiger partial charge in [0.05, 0.1) is 5.56 Å². The molecule has 1 aliphatic carbocycles. The van der Waals surface area contributed by atoms with E-state index in [2.05, 4.69) is 0 Å². The molecule has 0 unspecified atom stereocenters. The number of hydrogen-bond donors (Lipinski definition) is 1. The van der Waals surface area contributed by atoms with Crippen molar-refractivity contribution in [3.63, 3.8) is 0 Å². The number of hydrogen-bond acceptors (Lipinski definition) is 5. The Hall–Kier alpha value is -4.58. The van der Waals surface area contributed by atoms with Gasteiger partial charge in [-0.05, 0) is 59.2 Å². The molecule has 6 nitrogen and oxygen atoms in total. The molecule has 160 valence electrons. The highest BCUT2D eigenvalue weighted by molar-refractivity contribution is 6.07. The van der Waals surface area contributed by atoms with Gasteiger partial charge in [0, 0.05) is 22.6 Å². The average Bonchev–Trinajstić information content (AvgIpc) is 3.30. The molecule has 33 heavy (non-hydrogen) atoms. The fourth-order valence-corrected chi connectivity index (χ4v) is 4.30. The van der Waals surface area contributed by atoms with Crippen molar-refractivity contribution < 1.29 is 23.8 Å². The number of carbonyl (C=O) groups is 1. The monoisotopic (exact) mass is 436 g/mol. The Balaban J connectivity index is 1.64. The summed E-state index contributed by atoms with van der Waals surface area (Å²) in [6.45, 7) is 0.196. The van der Waals surface area contributed by atoms with Crippen LogP contribution in [-0.4, -0.2) is 17.9 Å². The van der Waals surface area contributed by atoms with Crippen molar-refractivity contribution in [1.29, 1.82) is 0 Å². The van der Waals surface area contributed by atoms with E-state index in [-0.39, 0.29) is 17.8 Å². The molecule has 0 amide bonds. The summed E-state index contributed by atoms with van der Waals surface area (Å²) in [4.78, 5) is 24.0. The van der Waals surface area contributed by atoms with Crippen molar-refractivity contribution in [3.8, 4) is 45.1 Å². The molecular formula is C27H16O6. The fraction of sp³-hybridized carbons (Fsp3) is 0.0370. The Bertz CT molecular complexity index is 1600. The van der Waals surface area contributed by atoms with Crippen LogP contribution in [0.5, 0.6) is 11.5 Å². The van der Waals surface area contributed by atoms with Crippen LogP contribution in [0.2, 0.25) is 0 Å². The number of aromatic carboxylic acids is 1. The molecule has 0 fully saturated rings. The van der Waals surface area contributed by atoms with E-state index in [4.69, 9.17) is 13.9 Å². The van der Waals surface area contributed by atoms with Gasteiger partial charge in [-0.15, -0.1) is 0 Å². The van der Waals surface area contributed by atoms with Gasteiger partial charge in [0.25, 0.3) is 0 Å². The van der Waals surface area contributed by atoms with Gasteiger partial charge in [0.1, 0.15) is 11.3 Å². The van der Waals surface area contributed by atoms with E-state index in [1.807, 2.05) is 36.4 Å². The molecule has 0 spiro atoms. The second kappa shape index (κ2) is 7.24. The molecule has 0 bridgehead atoms. The summed E-state index contributed by atoms with van der Waals surface area (Å²) in [7, 11) is 0. The molecular weight excluding hydrogens is 420 g/mol. The molecule has 0 radical (unpaired) electrons. The van der Waals surface area contributed by atoms with Crippen molar-refractivity contribution in [3.05, 3.63) is 94.6 Å². The Labute approximate surface area is 187 Å². The summed E-state index contributed by atoms with van der Waals surface area (Å²) in [5, 5.41) is 10.5. The van der Waals surface area contributed by atoms with Gasteiger partial charge in [-0.3, -0.25) is 4.79 Å². The summed E-state index contributed by atoms with van der Waals surface area (Å²) in [5.74, 6) is 0.749. The van der Waals surface area contributed by atoms with Gasteiger partial charge in [-0.25, -0.2) is 4.79 Å². The average molecular weight is 436 g/mol. The summed E-state index contributed by atoms with van der Waals surface area (Å²) >= 11 is 0. The number of benzene rings is 4. The first-order chi connectivity index (χ1) is 16.1. The van der Waals surface area contributed by atoms with Crippen LogP contribution < -0.4 is 14.9 Å². The Morgan fingerprint density at radius 2 is 1.58 bits per heavy atom. The minimum absolute atomic E-state index is 0.178. The lowest BCUT2D eigenvalue weighted by molar-refractivity contribution is 0.0697. The summed E-state index contributed by atoms with van der Waals surface area (Å²) in [6, 6.07) is 22.9. The Morgan fingerprint density at radius 3 is 2.45 bits per heavy atom. The SMILES string of the molecule is O=C(O)c1ccccc1-c1c2ccc(=O)cc-2oc2cc(-c3ccc4c(c3)OCO4)ccc12. The largest absolute Gasteiger partial charge is 0.478 e. The third kappa shape index (κ3) is 3.11. The van der Waals surface area contributed by atoms with Gasteiger partial charge < -0.3 is 19.0 Å². The molecule has 1 N–H and O–H groups in total. The lowest BCUT2D eigenvalue weighted by Crippen LogP contribution is -2.03. The molecule has 2 aliphatic heterocycles. The van der Waals surface area contributed by atoms with Crippen LogP contribution in [0, 0.1) is 0 Å². The third-order valence-corrected chi connectivity index (χ3v) is 5.83. The molecule has 3 aromatic carbocycles. The molecule has 3 aromatic rings. The van der Waals surface area contributed by atoms with Crippen LogP contribution in [0.1, 0.15) is 10.4 Å². The molecule has 0 aromatic heterocycles. The molecule has 0 atom stereocenters. The highest BCUT2D eigenvalue weighted by atomic mass is 16.7. The van der Waals surface area contributed by atoms with E-state index in [1.165, 1.54) is 12.1 Å². The Morgan fingerprint density at radius 1 is 0.788 bits per heavy atom. The molecule has 3 aliphatic rings. The molecule has 0 saturated heterocycles. The maximum atomic E-state index is 12.1. The van der Waals surface area contributed by atoms with Gasteiger partial charge in [0.15, 0.2) is 16.9 Å². The van der Waals surface area contributed by atoms with Crippen molar-refractivity contribution in [2.24, 2.45) is 0 Å². The van der Waals surface area contributed by atoms with Crippen molar-refractivity contribution >= 4 is 16.9 Å². The zero-order valence-electron chi connectivity index (χ0n) is 17.2. The number of carboxylic acid groups (broad SMARTS) is 1. The van der Waals surface area contributed by atoms with Crippen molar-refractivity contribution in [2.45, 2.75) is 0 Å². The van der Waals surface area contributed by atoms with Crippen LogP contribution in [0.4, 0.5) is 0 Å². The van der Waals surface area contributed by atoms with Crippen molar-refractivity contribution in [1.82, 2.24) is 0 Å². The lowest BCUT2D eigenvalue weighted by atomic mass is 9.90. The first-order valence-electron chi connectivity index (χ1n) is 10.3. The zero-order valence-corrected chi connectivity index (χ0v) is 17.2. The predicted octanol–water partition coefficient (Wildman–Crippen LogP) is 5.66. The number of carboxylic acids is 1. The van der Waals surface area contributed by atoms with Crippen molar-refractivity contribution in [2.75, 3.05) is 6.79 Å². The van der Waals surface area contributed by atoms with Gasteiger partial charge in [-0.2, -0.15) is 0 Å².